The number of carbonyl (C=O) groups is 1. The summed E-state index contributed by atoms with van der Waals surface area (Å²) in [5, 5.41) is 3.54. The Labute approximate surface area is 156 Å². The van der Waals surface area contributed by atoms with Crippen LogP contribution in [0.3, 0.4) is 0 Å². The number of fused-ring (bicyclic) bond motifs is 4. The lowest BCUT2D eigenvalue weighted by Gasteiger charge is -2.46. The normalized spacial score (nSPS) is 27.9. The van der Waals surface area contributed by atoms with Gasteiger partial charge in [0.15, 0.2) is 5.78 Å². The Hall–Kier alpha value is -2.89. The average Bonchev–Trinajstić information content (AvgIpc) is 2.84. The molecule has 0 unspecified atom stereocenters. The lowest BCUT2D eigenvalue weighted by molar-refractivity contribution is -0.120. The van der Waals surface area contributed by atoms with Crippen LogP contribution in [0.15, 0.2) is 46.0 Å². The summed E-state index contributed by atoms with van der Waals surface area (Å²) in [6, 6.07) is 7.86. The van der Waals surface area contributed by atoms with Crippen molar-refractivity contribution in [3.8, 4) is 0 Å². The Bertz CT molecular complexity index is 1120. The number of benzene rings is 1. The molecule has 5 rings (SSSR count). The van der Waals surface area contributed by atoms with Crippen molar-refractivity contribution >= 4 is 11.5 Å². The van der Waals surface area contributed by atoms with Crippen molar-refractivity contribution in [2.45, 2.75) is 24.8 Å². The summed E-state index contributed by atoms with van der Waals surface area (Å²) < 4.78 is 2.71. The van der Waals surface area contributed by atoms with Gasteiger partial charge < -0.3 is 9.88 Å². The number of anilines is 1. The minimum atomic E-state index is -0.346. The molecule has 1 aliphatic heterocycles. The fourth-order valence-electron chi connectivity index (χ4n) is 5.28. The van der Waals surface area contributed by atoms with E-state index in [4.69, 9.17) is 0 Å². The predicted octanol–water partition coefficient (Wildman–Crippen LogP) is 1.65. The summed E-state index contributed by atoms with van der Waals surface area (Å²) in [5.74, 6) is 0.0348. The smallest absolute Gasteiger partial charge is 0.330 e. The lowest BCUT2D eigenvalue weighted by atomic mass is 9.63. The number of para-hydroxylation sites is 1. The van der Waals surface area contributed by atoms with E-state index in [2.05, 4.69) is 11.4 Å². The Morgan fingerprint density at radius 1 is 1.04 bits per heavy atom. The van der Waals surface area contributed by atoms with Gasteiger partial charge in [-0.2, -0.15) is 0 Å². The Morgan fingerprint density at radius 3 is 2.63 bits per heavy atom. The van der Waals surface area contributed by atoms with Gasteiger partial charge in [0, 0.05) is 37.3 Å². The third-order valence-corrected chi connectivity index (χ3v) is 6.57. The van der Waals surface area contributed by atoms with Gasteiger partial charge in [0.1, 0.15) is 0 Å². The summed E-state index contributed by atoms with van der Waals surface area (Å²) in [7, 11) is 3.21. The summed E-state index contributed by atoms with van der Waals surface area (Å²) in [4.78, 5) is 38.4. The maximum absolute atomic E-state index is 13.0. The number of nitrogens with one attached hydrogen (secondary N) is 1. The Kier molecular flexibility index (Phi) is 3.35. The highest BCUT2D eigenvalue weighted by Gasteiger charge is 2.49. The molecule has 0 spiro atoms. The van der Waals surface area contributed by atoms with Crippen LogP contribution in [0.4, 0.5) is 5.69 Å². The standard InChI is InChI=1S/C21H21N3O3/c1-23-15-10-13-16(25)9-5-7-12-11-6-3-4-8-14(11)22-19(17(12)13)18(15)20(26)24(2)21(23)27/h3-6,8-9,12-13,17,19,22H,7,10H2,1-2H3/t12-,13-,17+,19+/m1/s1. The highest BCUT2D eigenvalue weighted by molar-refractivity contribution is 5.93. The Morgan fingerprint density at radius 2 is 1.81 bits per heavy atom. The number of hydrogen-bond donors (Lipinski definition) is 1. The molecule has 1 aromatic heterocycles. The third-order valence-electron chi connectivity index (χ3n) is 6.57. The van der Waals surface area contributed by atoms with Crippen molar-refractivity contribution in [2.75, 3.05) is 5.32 Å². The second-order valence-corrected chi connectivity index (χ2v) is 7.81. The summed E-state index contributed by atoms with van der Waals surface area (Å²) in [5.41, 5.74) is 2.93. The largest absolute Gasteiger partial charge is 0.377 e. The molecule has 1 aromatic carbocycles. The van der Waals surface area contributed by atoms with Gasteiger partial charge in [0.25, 0.3) is 5.56 Å². The van der Waals surface area contributed by atoms with Crippen LogP contribution in [0.5, 0.6) is 0 Å². The van der Waals surface area contributed by atoms with Crippen LogP contribution in [-0.2, 0) is 25.3 Å². The molecule has 3 aliphatic rings. The minimum absolute atomic E-state index is 0.0000945. The van der Waals surface area contributed by atoms with Crippen molar-refractivity contribution in [1.82, 2.24) is 9.13 Å². The molecule has 27 heavy (non-hydrogen) atoms. The van der Waals surface area contributed by atoms with E-state index >= 15 is 0 Å². The fourth-order valence-corrected chi connectivity index (χ4v) is 5.28. The molecule has 0 fully saturated rings. The molecule has 2 aliphatic carbocycles. The Balaban J connectivity index is 1.82. The fraction of sp³-hybridized carbons (Fsp3) is 0.381. The van der Waals surface area contributed by atoms with E-state index in [-0.39, 0.29) is 40.8 Å². The zero-order valence-electron chi connectivity index (χ0n) is 15.3. The summed E-state index contributed by atoms with van der Waals surface area (Å²) in [6.45, 7) is 0. The van der Waals surface area contributed by atoms with Crippen LogP contribution in [0.1, 0.15) is 35.2 Å². The number of carbonyl (C=O) groups excluding carboxylic acids is 1. The van der Waals surface area contributed by atoms with E-state index < -0.39 is 0 Å². The summed E-state index contributed by atoms with van der Waals surface area (Å²) >= 11 is 0. The van der Waals surface area contributed by atoms with Crippen LogP contribution in [0, 0.1) is 11.8 Å². The van der Waals surface area contributed by atoms with Crippen molar-refractivity contribution < 1.29 is 4.79 Å². The molecular formula is C21H21N3O3. The molecule has 1 N–H and O–H groups in total. The van der Waals surface area contributed by atoms with Crippen LogP contribution in [-0.4, -0.2) is 14.9 Å². The minimum Gasteiger partial charge on any atom is -0.377 e. The van der Waals surface area contributed by atoms with Gasteiger partial charge in [-0.25, -0.2) is 4.79 Å². The number of ketones is 1. The second-order valence-electron chi connectivity index (χ2n) is 7.81. The van der Waals surface area contributed by atoms with Gasteiger partial charge in [0.05, 0.1) is 11.6 Å². The molecule has 0 bridgehead atoms. The van der Waals surface area contributed by atoms with Gasteiger partial charge in [0.2, 0.25) is 0 Å². The summed E-state index contributed by atoms with van der Waals surface area (Å²) in [6.07, 6.45) is 4.87. The first-order chi connectivity index (χ1) is 13.0. The average molecular weight is 363 g/mol. The maximum Gasteiger partial charge on any atom is 0.330 e. The highest BCUT2D eigenvalue weighted by atomic mass is 16.2. The second kappa shape index (κ2) is 5.55. The van der Waals surface area contributed by atoms with Gasteiger partial charge >= 0.3 is 5.69 Å². The van der Waals surface area contributed by atoms with Crippen molar-refractivity contribution in [1.29, 1.82) is 0 Å². The van der Waals surface area contributed by atoms with Crippen molar-refractivity contribution in [3.05, 3.63) is 74.1 Å². The van der Waals surface area contributed by atoms with Crippen LogP contribution >= 0.6 is 0 Å². The van der Waals surface area contributed by atoms with E-state index in [1.165, 1.54) is 21.7 Å². The van der Waals surface area contributed by atoms with Crippen LogP contribution in [0.2, 0.25) is 0 Å². The zero-order chi connectivity index (χ0) is 18.9. The molecule has 6 heteroatoms. The van der Waals surface area contributed by atoms with Gasteiger partial charge in [-0.1, -0.05) is 24.3 Å². The SMILES string of the molecule is Cn1c2c(c(=O)n(C)c1=O)[C@H]1Nc3ccccc3[C@H]3CC=CC(=O)[C@@H](C2)[C@H]31. The number of allylic oxidation sites excluding steroid dienone is 2. The quantitative estimate of drug-likeness (QED) is 0.773. The third kappa shape index (κ3) is 2.10. The van der Waals surface area contributed by atoms with E-state index in [1.807, 2.05) is 24.3 Å². The van der Waals surface area contributed by atoms with Crippen molar-refractivity contribution in [2.24, 2.45) is 25.9 Å². The number of nitrogens with zero attached hydrogens (tertiary/aromatic N) is 2. The first-order valence-electron chi connectivity index (χ1n) is 9.33. The number of rotatable bonds is 0. The number of hydrogen-bond acceptors (Lipinski definition) is 4. The molecular weight excluding hydrogens is 342 g/mol. The lowest BCUT2D eigenvalue weighted by Crippen LogP contribution is -2.50. The first-order valence-corrected chi connectivity index (χ1v) is 9.33. The van der Waals surface area contributed by atoms with Gasteiger partial charge in [-0.15, -0.1) is 0 Å². The monoisotopic (exact) mass is 363 g/mol. The van der Waals surface area contributed by atoms with E-state index in [1.54, 1.807) is 13.1 Å². The van der Waals surface area contributed by atoms with E-state index in [0.29, 0.717) is 17.7 Å². The molecule has 0 amide bonds. The molecule has 4 atom stereocenters. The maximum atomic E-state index is 13.0. The topological polar surface area (TPSA) is 73.1 Å². The van der Waals surface area contributed by atoms with Crippen LogP contribution < -0.4 is 16.6 Å². The van der Waals surface area contributed by atoms with Gasteiger partial charge in [-0.3, -0.25) is 14.2 Å². The van der Waals surface area contributed by atoms with Crippen molar-refractivity contribution in [3.63, 3.8) is 0 Å². The molecule has 0 radical (unpaired) electrons. The molecule has 2 heterocycles. The molecule has 138 valence electrons. The van der Waals surface area contributed by atoms with Crippen LogP contribution in [0.25, 0.3) is 0 Å². The van der Waals surface area contributed by atoms with E-state index in [0.717, 1.165) is 12.1 Å². The molecule has 2 aromatic rings. The zero-order valence-corrected chi connectivity index (χ0v) is 15.3. The van der Waals surface area contributed by atoms with E-state index in [9.17, 15) is 14.4 Å². The number of aromatic nitrogens is 2. The molecule has 0 saturated heterocycles. The molecule has 6 nitrogen and oxygen atoms in total. The van der Waals surface area contributed by atoms with Gasteiger partial charge in [-0.05, 0) is 36.5 Å². The molecule has 0 saturated carbocycles. The predicted molar refractivity (Wildman–Crippen MR) is 102 cm³/mol. The highest BCUT2D eigenvalue weighted by Crippen LogP contribution is 2.53. The first kappa shape index (κ1) is 16.3.